The monoisotopic (exact) mass is 336 g/mol. The zero-order valence-corrected chi connectivity index (χ0v) is 15.8. The van der Waals surface area contributed by atoms with Gasteiger partial charge in [0.15, 0.2) is 0 Å². The summed E-state index contributed by atoms with van der Waals surface area (Å²) in [5, 5.41) is 17.2. The van der Waals surface area contributed by atoms with Crippen molar-refractivity contribution in [2.45, 2.75) is 109 Å². The Bertz CT molecular complexity index is 437. The number of hydrogen-bond donors (Lipinski definition) is 3. The molecule has 138 valence electrons. The van der Waals surface area contributed by atoms with E-state index >= 15 is 0 Å². The van der Waals surface area contributed by atoms with Crippen LogP contribution in [0.5, 0.6) is 0 Å². The molecule has 3 aliphatic heterocycles. The molecule has 0 radical (unpaired) electrons. The first-order valence-electron chi connectivity index (χ1n) is 10.5. The van der Waals surface area contributed by atoms with Crippen LogP contribution in [0.15, 0.2) is 0 Å². The van der Waals surface area contributed by atoms with Crippen molar-refractivity contribution in [3.8, 4) is 0 Å². The second-order valence-corrected chi connectivity index (χ2v) is 8.32. The quantitative estimate of drug-likeness (QED) is 0.448. The molecule has 3 heterocycles. The summed E-state index contributed by atoms with van der Waals surface area (Å²) in [5.74, 6) is 1.64. The van der Waals surface area contributed by atoms with Crippen molar-refractivity contribution in [1.29, 1.82) is 0 Å². The SMILES string of the molecule is CCCCCCCCC[C@@H]1C[C@@H]2CC[C@@H]3[C@H](CO)[C@H](C)NC(=[N+]23)N1. The first kappa shape index (κ1) is 18.0. The van der Waals surface area contributed by atoms with Gasteiger partial charge in [-0.05, 0) is 26.2 Å². The summed E-state index contributed by atoms with van der Waals surface area (Å²) < 4.78 is 2.57. The maximum Gasteiger partial charge on any atom is 0.346 e. The molecule has 3 rings (SSSR count). The Labute approximate surface area is 148 Å². The van der Waals surface area contributed by atoms with Gasteiger partial charge in [-0.15, -0.1) is 0 Å². The van der Waals surface area contributed by atoms with Gasteiger partial charge >= 0.3 is 5.96 Å². The number of aliphatic hydroxyl groups is 1. The van der Waals surface area contributed by atoms with Crippen molar-refractivity contribution < 1.29 is 9.68 Å². The highest BCUT2D eigenvalue weighted by molar-refractivity contribution is 5.76. The van der Waals surface area contributed by atoms with Gasteiger partial charge in [-0.3, -0.25) is 15.2 Å². The van der Waals surface area contributed by atoms with Gasteiger partial charge in [0.1, 0.15) is 0 Å². The molecule has 0 bridgehead atoms. The van der Waals surface area contributed by atoms with Crippen molar-refractivity contribution >= 4 is 5.96 Å². The molecule has 0 saturated carbocycles. The van der Waals surface area contributed by atoms with E-state index in [1.807, 2.05) is 0 Å². The molecule has 4 nitrogen and oxygen atoms in total. The number of aliphatic hydroxyl groups excluding tert-OH is 1. The van der Waals surface area contributed by atoms with E-state index in [1.54, 1.807) is 0 Å². The number of unbranched alkanes of at least 4 members (excludes halogenated alkanes) is 6. The van der Waals surface area contributed by atoms with E-state index in [1.165, 1.54) is 76.6 Å². The van der Waals surface area contributed by atoms with Crippen molar-refractivity contribution in [2.24, 2.45) is 5.92 Å². The molecule has 0 spiro atoms. The van der Waals surface area contributed by atoms with Crippen LogP contribution in [0.3, 0.4) is 0 Å². The van der Waals surface area contributed by atoms with E-state index in [2.05, 4.69) is 29.1 Å². The van der Waals surface area contributed by atoms with Gasteiger partial charge in [-0.25, -0.2) is 0 Å². The lowest BCUT2D eigenvalue weighted by molar-refractivity contribution is -0.601. The second-order valence-electron chi connectivity index (χ2n) is 8.32. The topological polar surface area (TPSA) is 47.3 Å². The first-order valence-corrected chi connectivity index (χ1v) is 10.5. The Kier molecular flexibility index (Phi) is 6.43. The van der Waals surface area contributed by atoms with Crippen LogP contribution in [0.1, 0.15) is 84.5 Å². The molecule has 1 saturated heterocycles. The average Bonchev–Trinajstić information content (AvgIpc) is 2.99. The Hall–Kier alpha value is -0.770. The Morgan fingerprint density at radius 2 is 1.79 bits per heavy atom. The predicted molar refractivity (Wildman–Crippen MR) is 99.4 cm³/mol. The third kappa shape index (κ3) is 3.89. The first-order chi connectivity index (χ1) is 11.7. The molecule has 3 aliphatic rings. The normalized spacial score (nSPS) is 34.7. The molecule has 0 aromatic rings. The summed E-state index contributed by atoms with van der Waals surface area (Å²) >= 11 is 0. The second kappa shape index (κ2) is 8.55. The number of nitrogens with one attached hydrogen (secondary N) is 2. The van der Waals surface area contributed by atoms with E-state index in [-0.39, 0.29) is 0 Å². The number of guanidine groups is 1. The maximum absolute atomic E-state index is 9.75. The smallest absolute Gasteiger partial charge is 0.346 e. The van der Waals surface area contributed by atoms with E-state index < -0.39 is 0 Å². The minimum atomic E-state index is 0.302. The molecule has 0 aliphatic carbocycles. The highest BCUT2D eigenvalue weighted by atomic mass is 16.3. The largest absolute Gasteiger partial charge is 0.396 e. The summed E-state index contributed by atoms with van der Waals surface area (Å²) in [5.41, 5.74) is 0. The van der Waals surface area contributed by atoms with Crippen LogP contribution >= 0.6 is 0 Å². The highest BCUT2D eigenvalue weighted by Crippen LogP contribution is 2.34. The van der Waals surface area contributed by atoms with Crippen LogP contribution in [-0.2, 0) is 0 Å². The van der Waals surface area contributed by atoms with Crippen molar-refractivity contribution in [2.75, 3.05) is 6.61 Å². The summed E-state index contributed by atoms with van der Waals surface area (Å²) in [6.45, 7) is 4.81. The maximum atomic E-state index is 9.75. The lowest BCUT2D eigenvalue weighted by Crippen LogP contribution is -2.65. The van der Waals surface area contributed by atoms with Gasteiger partial charge in [-0.2, -0.15) is 0 Å². The third-order valence-corrected chi connectivity index (χ3v) is 6.57. The van der Waals surface area contributed by atoms with Crippen molar-refractivity contribution in [3.05, 3.63) is 0 Å². The van der Waals surface area contributed by atoms with Gasteiger partial charge in [0, 0.05) is 12.3 Å². The van der Waals surface area contributed by atoms with E-state index in [9.17, 15) is 5.11 Å². The summed E-state index contributed by atoms with van der Waals surface area (Å²) in [4.78, 5) is 0. The van der Waals surface area contributed by atoms with Crippen LogP contribution in [0.4, 0.5) is 0 Å². The van der Waals surface area contributed by atoms with Crippen molar-refractivity contribution in [1.82, 2.24) is 10.6 Å². The average molecular weight is 337 g/mol. The third-order valence-electron chi connectivity index (χ3n) is 6.57. The van der Waals surface area contributed by atoms with Crippen LogP contribution < -0.4 is 10.6 Å². The van der Waals surface area contributed by atoms with E-state index in [0.29, 0.717) is 36.7 Å². The zero-order chi connectivity index (χ0) is 16.9. The minimum absolute atomic E-state index is 0.302. The van der Waals surface area contributed by atoms with Crippen LogP contribution in [0.2, 0.25) is 0 Å². The molecule has 0 aromatic heterocycles. The molecule has 5 atom stereocenters. The number of rotatable bonds is 9. The molecular formula is C20H38N3O+. The standard InChI is InChI=1S/C20H37N3O/c1-3-4-5-6-7-8-9-10-16-13-17-11-12-19-18(14-24)15(2)21-20(22-16)23(17)19/h15-19,24H,3-14H2,1-2H3,(H,21,22)/p+1/t15-,16+,17-,18+,19+/m0/s1. The van der Waals surface area contributed by atoms with Gasteiger partial charge < -0.3 is 5.11 Å². The molecule has 0 unspecified atom stereocenters. The Morgan fingerprint density at radius 1 is 1.04 bits per heavy atom. The Morgan fingerprint density at radius 3 is 2.54 bits per heavy atom. The molecule has 4 heteroatoms. The highest BCUT2D eigenvalue weighted by Gasteiger charge is 2.49. The fourth-order valence-corrected chi connectivity index (χ4v) is 5.16. The lowest BCUT2D eigenvalue weighted by Gasteiger charge is -2.38. The van der Waals surface area contributed by atoms with E-state index in [0.717, 1.165) is 0 Å². The van der Waals surface area contributed by atoms with Gasteiger partial charge in [0.2, 0.25) is 0 Å². The fraction of sp³-hybridized carbons (Fsp3) is 0.950. The molecule has 0 amide bonds. The van der Waals surface area contributed by atoms with Crippen LogP contribution in [0.25, 0.3) is 0 Å². The molecule has 0 aromatic carbocycles. The summed E-state index contributed by atoms with van der Waals surface area (Å²) in [6.07, 6.45) is 14.9. The predicted octanol–water partition coefficient (Wildman–Crippen LogP) is 2.99. The van der Waals surface area contributed by atoms with Crippen LogP contribution in [-0.4, -0.2) is 46.4 Å². The fourth-order valence-electron chi connectivity index (χ4n) is 5.16. The summed E-state index contributed by atoms with van der Waals surface area (Å²) in [6, 6.07) is 2.24. The number of hydrogen-bond acceptors (Lipinski definition) is 3. The minimum Gasteiger partial charge on any atom is -0.396 e. The number of nitrogens with zero attached hydrogens (tertiary/aromatic N) is 1. The lowest BCUT2D eigenvalue weighted by atomic mass is 9.90. The van der Waals surface area contributed by atoms with Gasteiger partial charge in [0.25, 0.3) is 0 Å². The van der Waals surface area contributed by atoms with Gasteiger partial charge in [-0.1, -0.05) is 51.9 Å². The molecule has 1 fully saturated rings. The van der Waals surface area contributed by atoms with Crippen molar-refractivity contribution in [3.63, 3.8) is 0 Å². The van der Waals surface area contributed by atoms with Gasteiger partial charge in [0.05, 0.1) is 30.8 Å². The molecular weight excluding hydrogens is 298 g/mol. The van der Waals surface area contributed by atoms with E-state index in [4.69, 9.17) is 0 Å². The molecule has 24 heavy (non-hydrogen) atoms. The Balaban J connectivity index is 1.47. The molecule has 3 N–H and O–H groups in total. The van der Waals surface area contributed by atoms with Crippen LogP contribution in [0, 0.1) is 5.92 Å². The zero-order valence-electron chi connectivity index (χ0n) is 15.8. The summed E-state index contributed by atoms with van der Waals surface area (Å²) in [7, 11) is 0.